The van der Waals surface area contributed by atoms with Gasteiger partial charge in [-0.05, 0) is 30.6 Å². The summed E-state index contributed by atoms with van der Waals surface area (Å²) in [6.07, 6.45) is 6.51. The zero-order chi connectivity index (χ0) is 12.9. The second-order valence-electron chi connectivity index (χ2n) is 4.78. The standard InChI is InChI=1S/C13H13F2NO2/c1-16-7-2-3-8-9(12(16)17)4-5-11(10(8)6-7)18-13(14)15/h3-5,7,10,13H,2,6H2,1H3/t7-,10-/m1/s1. The van der Waals surface area contributed by atoms with Gasteiger partial charge >= 0.3 is 6.61 Å². The minimum Gasteiger partial charge on any atom is -0.439 e. The van der Waals surface area contributed by atoms with Crippen molar-refractivity contribution in [1.29, 1.82) is 0 Å². The lowest BCUT2D eigenvalue weighted by Gasteiger charge is -2.31. The summed E-state index contributed by atoms with van der Waals surface area (Å²) in [5.41, 5.74) is 1.46. The molecule has 0 spiro atoms. The van der Waals surface area contributed by atoms with Gasteiger partial charge in [-0.3, -0.25) is 4.79 Å². The summed E-state index contributed by atoms with van der Waals surface area (Å²) < 4.78 is 29.3. The molecule has 2 heterocycles. The zero-order valence-electron chi connectivity index (χ0n) is 9.90. The molecule has 0 aromatic rings. The number of amides is 1. The molecule has 4 bridgehead atoms. The lowest BCUT2D eigenvalue weighted by Crippen LogP contribution is -2.35. The maximum Gasteiger partial charge on any atom is 0.387 e. The third kappa shape index (κ3) is 1.57. The van der Waals surface area contributed by atoms with Crippen LogP contribution in [0.1, 0.15) is 12.8 Å². The highest BCUT2D eigenvalue weighted by Crippen LogP contribution is 2.43. The van der Waals surface area contributed by atoms with E-state index >= 15 is 0 Å². The van der Waals surface area contributed by atoms with Crippen molar-refractivity contribution in [2.45, 2.75) is 25.5 Å². The van der Waals surface area contributed by atoms with Crippen molar-refractivity contribution in [2.24, 2.45) is 5.92 Å². The predicted octanol–water partition coefficient (Wildman–Crippen LogP) is 2.23. The number of rotatable bonds is 2. The van der Waals surface area contributed by atoms with Crippen molar-refractivity contribution in [3.8, 4) is 0 Å². The molecular formula is C13H13F2NO2. The molecule has 1 saturated heterocycles. The molecule has 5 heteroatoms. The fraction of sp³-hybridized carbons (Fsp3) is 0.462. The van der Waals surface area contributed by atoms with E-state index in [9.17, 15) is 13.6 Å². The van der Waals surface area contributed by atoms with Gasteiger partial charge in [-0.2, -0.15) is 8.78 Å². The molecule has 0 radical (unpaired) electrons. The zero-order valence-corrected chi connectivity index (χ0v) is 9.90. The van der Waals surface area contributed by atoms with Gasteiger partial charge in [0.05, 0.1) is 0 Å². The summed E-state index contributed by atoms with van der Waals surface area (Å²) >= 11 is 0. The van der Waals surface area contributed by atoms with Gasteiger partial charge < -0.3 is 9.64 Å². The van der Waals surface area contributed by atoms with E-state index in [2.05, 4.69) is 4.74 Å². The van der Waals surface area contributed by atoms with E-state index in [-0.39, 0.29) is 23.6 Å². The molecule has 4 aliphatic rings. The second-order valence-corrected chi connectivity index (χ2v) is 4.78. The first-order valence-corrected chi connectivity index (χ1v) is 5.92. The Morgan fingerprint density at radius 1 is 1.44 bits per heavy atom. The van der Waals surface area contributed by atoms with Crippen molar-refractivity contribution in [1.82, 2.24) is 4.90 Å². The quantitative estimate of drug-likeness (QED) is 0.755. The summed E-state index contributed by atoms with van der Waals surface area (Å²) in [6.45, 7) is -2.82. The molecule has 0 aromatic heterocycles. The van der Waals surface area contributed by atoms with E-state index in [1.807, 2.05) is 6.08 Å². The lowest BCUT2D eigenvalue weighted by atomic mass is 9.79. The monoisotopic (exact) mass is 253 g/mol. The van der Waals surface area contributed by atoms with Crippen LogP contribution in [-0.2, 0) is 9.53 Å². The van der Waals surface area contributed by atoms with Gasteiger partial charge in [0.2, 0.25) is 0 Å². The molecule has 96 valence electrons. The van der Waals surface area contributed by atoms with Crippen LogP contribution >= 0.6 is 0 Å². The van der Waals surface area contributed by atoms with Crippen LogP contribution in [0.25, 0.3) is 0 Å². The van der Waals surface area contributed by atoms with Gasteiger partial charge in [-0.1, -0.05) is 6.08 Å². The van der Waals surface area contributed by atoms with Crippen molar-refractivity contribution >= 4 is 5.91 Å². The number of carbonyl (C=O) groups is 1. The molecule has 2 aliphatic carbocycles. The maximum atomic E-state index is 12.4. The summed E-state index contributed by atoms with van der Waals surface area (Å²) in [6, 6.07) is 0.0694. The lowest BCUT2D eigenvalue weighted by molar-refractivity contribution is -0.127. The number of fused-ring (bicyclic) bond motifs is 2. The van der Waals surface area contributed by atoms with Crippen molar-refractivity contribution < 1.29 is 18.3 Å². The van der Waals surface area contributed by atoms with E-state index in [0.29, 0.717) is 12.0 Å². The molecule has 1 fully saturated rings. The van der Waals surface area contributed by atoms with Gasteiger partial charge in [0.25, 0.3) is 5.91 Å². The summed E-state index contributed by atoms with van der Waals surface area (Å²) in [5, 5.41) is 0. The van der Waals surface area contributed by atoms with E-state index < -0.39 is 6.61 Å². The van der Waals surface area contributed by atoms with Crippen molar-refractivity contribution in [3.63, 3.8) is 0 Å². The molecular weight excluding hydrogens is 240 g/mol. The number of hydrogen-bond donors (Lipinski definition) is 0. The van der Waals surface area contributed by atoms with Gasteiger partial charge in [0.1, 0.15) is 5.76 Å². The second kappa shape index (κ2) is 3.93. The highest BCUT2D eigenvalue weighted by atomic mass is 19.3. The van der Waals surface area contributed by atoms with Crippen LogP contribution in [0.3, 0.4) is 0 Å². The van der Waals surface area contributed by atoms with Crippen LogP contribution in [0.15, 0.2) is 35.1 Å². The Balaban J connectivity index is 2.03. The van der Waals surface area contributed by atoms with E-state index in [0.717, 1.165) is 12.0 Å². The molecule has 3 nitrogen and oxygen atoms in total. The number of likely N-dealkylation sites (N-methyl/N-ethyl adjacent to an activating group) is 1. The minimum atomic E-state index is -2.82. The largest absolute Gasteiger partial charge is 0.439 e. The van der Waals surface area contributed by atoms with Gasteiger partial charge in [0.15, 0.2) is 0 Å². The Morgan fingerprint density at radius 3 is 2.94 bits per heavy atom. The van der Waals surface area contributed by atoms with Crippen LogP contribution in [0.4, 0.5) is 8.78 Å². The minimum absolute atomic E-state index is 0.0291. The molecule has 18 heavy (non-hydrogen) atoms. The Morgan fingerprint density at radius 2 is 2.22 bits per heavy atom. The smallest absolute Gasteiger partial charge is 0.387 e. The van der Waals surface area contributed by atoms with Gasteiger partial charge in [0, 0.05) is 24.6 Å². The number of ether oxygens (including phenoxy) is 1. The highest BCUT2D eigenvalue weighted by Gasteiger charge is 2.41. The summed E-state index contributed by atoms with van der Waals surface area (Å²) in [4.78, 5) is 13.8. The first-order valence-electron chi connectivity index (χ1n) is 5.92. The fourth-order valence-electron chi connectivity index (χ4n) is 2.94. The van der Waals surface area contributed by atoms with Crippen LogP contribution in [0.2, 0.25) is 0 Å². The first kappa shape index (κ1) is 11.4. The molecule has 4 rings (SSSR count). The van der Waals surface area contributed by atoms with Crippen LogP contribution < -0.4 is 0 Å². The first-order chi connectivity index (χ1) is 8.58. The predicted molar refractivity (Wildman–Crippen MR) is 60.6 cm³/mol. The maximum absolute atomic E-state index is 12.4. The number of alkyl halides is 2. The fourth-order valence-corrected chi connectivity index (χ4v) is 2.94. The van der Waals surface area contributed by atoms with Crippen LogP contribution in [0.5, 0.6) is 0 Å². The summed E-state index contributed by atoms with van der Waals surface area (Å²) in [7, 11) is 1.76. The molecule has 0 unspecified atom stereocenters. The van der Waals surface area contributed by atoms with Gasteiger partial charge in [-0.15, -0.1) is 0 Å². The topological polar surface area (TPSA) is 29.5 Å². The summed E-state index contributed by atoms with van der Waals surface area (Å²) in [5.74, 6) is 0.0399. The van der Waals surface area contributed by atoms with E-state index in [4.69, 9.17) is 0 Å². The Bertz CT molecular complexity index is 493. The van der Waals surface area contributed by atoms with Crippen LogP contribution in [0, 0.1) is 5.92 Å². The number of halogens is 2. The normalized spacial score (nSPS) is 29.9. The van der Waals surface area contributed by atoms with Crippen LogP contribution in [-0.4, -0.2) is 30.5 Å². The molecule has 0 N–H and O–H groups in total. The van der Waals surface area contributed by atoms with E-state index in [1.54, 1.807) is 18.0 Å². The van der Waals surface area contributed by atoms with Gasteiger partial charge in [-0.25, -0.2) is 0 Å². The Kier molecular flexibility index (Phi) is 2.50. The molecule has 0 saturated carbocycles. The molecule has 0 aromatic carbocycles. The molecule has 1 amide bonds. The van der Waals surface area contributed by atoms with Crippen molar-refractivity contribution in [3.05, 3.63) is 35.1 Å². The van der Waals surface area contributed by atoms with Crippen molar-refractivity contribution in [2.75, 3.05) is 7.05 Å². The Labute approximate surface area is 103 Å². The number of carbonyl (C=O) groups excluding carboxylic acids is 1. The average Bonchev–Trinajstić information content (AvgIpc) is 2.50. The Hall–Kier alpha value is -1.65. The number of hydrogen-bond acceptors (Lipinski definition) is 2. The third-order valence-corrected chi connectivity index (χ3v) is 3.89. The van der Waals surface area contributed by atoms with E-state index in [1.165, 1.54) is 6.08 Å². The SMILES string of the molecule is CN1C(=O)C2=CC=C(OC(F)F)[C@@H]3C[C@H]1CC=C23. The average molecular weight is 253 g/mol. The molecule has 2 atom stereocenters. The highest BCUT2D eigenvalue weighted by molar-refractivity contribution is 5.99. The number of allylic oxidation sites excluding steroid dienone is 3. The third-order valence-electron chi connectivity index (χ3n) is 3.89. The number of nitrogens with zero attached hydrogens (tertiary/aromatic N) is 1. The molecule has 2 aliphatic heterocycles.